The van der Waals surface area contributed by atoms with Gasteiger partial charge in [-0.25, -0.2) is 4.79 Å². The number of carbonyl (C=O) groups excluding carboxylic acids is 1. The van der Waals surface area contributed by atoms with Crippen LogP contribution < -0.4 is 0 Å². The van der Waals surface area contributed by atoms with E-state index in [4.69, 9.17) is 4.74 Å². The van der Waals surface area contributed by atoms with E-state index in [0.717, 1.165) is 19.1 Å². The van der Waals surface area contributed by atoms with Gasteiger partial charge in [0.25, 0.3) is 0 Å². The van der Waals surface area contributed by atoms with Gasteiger partial charge in [-0.05, 0) is 40.5 Å². The average molecular weight is 266 g/mol. The molecule has 1 saturated carbocycles. The largest absolute Gasteiger partial charge is 0.444 e. The van der Waals surface area contributed by atoms with Gasteiger partial charge in [0.15, 0.2) is 0 Å². The van der Waals surface area contributed by atoms with Crippen LogP contribution in [0.4, 0.5) is 4.79 Å². The molecule has 0 N–H and O–H groups in total. The predicted octanol–water partition coefficient (Wildman–Crippen LogP) is 2.48. The molecule has 1 unspecified atom stereocenters. The molecule has 2 aliphatic heterocycles. The quantitative estimate of drug-likeness (QED) is 0.731. The van der Waals surface area contributed by atoms with E-state index in [2.05, 4.69) is 11.8 Å². The normalized spacial score (nSPS) is 30.5. The lowest BCUT2D eigenvalue weighted by Crippen LogP contribution is -2.79. The van der Waals surface area contributed by atoms with Crippen LogP contribution in [0.2, 0.25) is 0 Å². The molecule has 1 atom stereocenters. The summed E-state index contributed by atoms with van der Waals surface area (Å²) in [6.45, 7) is 11.0. The number of nitrogens with zero attached hydrogens (tertiary/aromatic N) is 2. The van der Waals surface area contributed by atoms with Crippen molar-refractivity contribution in [2.24, 2.45) is 5.41 Å². The van der Waals surface area contributed by atoms with Crippen molar-refractivity contribution < 1.29 is 9.53 Å². The molecule has 1 spiro atoms. The molecule has 2 saturated heterocycles. The summed E-state index contributed by atoms with van der Waals surface area (Å²) in [6.07, 6.45) is 3.99. The summed E-state index contributed by atoms with van der Waals surface area (Å²) in [6, 6.07) is 1.47. The summed E-state index contributed by atoms with van der Waals surface area (Å²) in [4.78, 5) is 16.4. The topological polar surface area (TPSA) is 32.8 Å². The van der Waals surface area contributed by atoms with Gasteiger partial charge in [0.2, 0.25) is 0 Å². The first-order chi connectivity index (χ1) is 8.81. The fourth-order valence-corrected chi connectivity index (χ4v) is 3.57. The number of amides is 1. The zero-order valence-corrected chi connectivity index (χ0v) is 12.6. The van der Waals surface area contributed by atoms with E-state index in [0.29, 0.717) is 11.5 Å². The third-order valence-corrected chi connectivity index (χ3v) is 5.09. The predicted molar refractivity (Wildman–Crippen MR) is 74.0 cm³/mol. The highest BCUT2D eigenvalue weighted by atomic mass is 16.6. The van der Waals surface area contributed by atoms with Crippen LogP contribution in [-0.4, -0.2) is 53.2 Å². The zero-order valence-electron chi connectivity index (χ0n) is 12.6. The summed E-state index contributed by atoms with van der Waals surface area (Å²) < 4.78 is 5.42. The van der Waals surface area contributed by atoms with Crippen molar-refractivity contribution in [1.82, 2.24) is 9.80 Å². The second-order valence-electron chi connectivity index (χ2n) is 7.63. The number of rotatable bonds is 1. The number of likely N-dealkylation sites (tertiary alicyclic amines) is 2. The SMILES string of the molecule is CC1N(C2CCC2)CC12CN(C(=O)OC(C)(C)C)C2. The molecule has 0 aromatic rings. The Balaban J connectivity index is 1.49. The Morgan fingerprint density at radius 3 is 2.26 bits per heavy atom. The van der Waals surface area contributed by atoms with Crippen LogP contribution >= 0.6 is 0 Å². The van der Waals surface area contributed by atoms with Gasteiger partial charge in [-0.2, -0.15) is 0 Å². The molecule has 19 heavy (non-hydrogen) atoms. The van der Waals surface area contributed by atoms with Crippen molar-refractivity contribution in [2.75, 3.05) is 19.6 Å². The maximum Gasteiger partial charge on any atom is 0.410 e. The van der Waals surface area contributed by atoms with Crippen LogP contribution in [0.5, 0.6) is 0 Å². The molecule has 0 aromatic carbocycles. The first kappa shape index (κ1) is 13.2. The second-order valence-corrected chi connectivity index (χ2v) is 7.63. The molecule has 108 valence electrons. The van der Waals surface area contributed by atoms with E-state index in [1.807, 2.05) is 25.7 Å². The van der Waals surface area contributed by atoms with Crippen LogP contribution in [0.25, 0.3) is 0 Å². The maximum absolute atomic E-state index is 11.9. The molecule has 1 aliphatic carbocycles. The summed E-state index contributed by atoms with van der Waals surface area (Å²) in [5.41, 5.74) is -0.0183. The number of carbonyl (C=O) groups is 1. The van der Waals surface area contributed by atoms with Crippen molar-refractivity contribution >= 4 is 6.09 Å². The molecule has 2 heterocycles. The lowest BCUT2D eigenvalue weighted by Gasteiger charge is -2.67. The molecular formula is C15H26N2O2. The summed E-state index contributed by atoms with van der Waals surface area (Å²) in [5.74, 6) is 0. The van der Waals surface area contributed by atoms with Gasteiger partial charge in [0.05, 0.1) is 0 Å². The van der Waals surface area contributed by atoms with Crippen molar-refractivity contribution in [2.45, 2.75) is 64.6 Å². The van der Waals surface area contributed by atoms with Gasteiger partial charge < -0.3 is 9.64 Å². The lowest BCUT2D eigenvalue weighted by atomic mass is 9.64. The van der Waals surface area contributed by atoms with Crippen LogP contribution in [0.3, 0.4) is 0 Å². The number of hydrogen-bond donors (Lipinski definition) is 0. The molecule has 3 rings (SSSR count). The van der Waals surface area contributed by atoms with E-state index < -0.39 is 0 Å². The molecule has 4 heteroatoms. The third kappa shape index (κ3) is 2.14. The van der Waals surface area contributed by atoms with Crippen LogP contribution in [0, 0.1) is 5.41 Å². The Hall–Kier alpha value is -0.770. The molecule has 1 amide bonds. The highest BCUT2D eigenvalue weighted by Gasteiger charge is 2.60. The zero-order chi connectivity index (χ0) is 13.8. The third-order valence-electron chi connectivity index (χ3n) is 5.09. The van der Waals surface area contributed by atoms with Gasteiger partial charge in [0, 0.05) is 37.1 Å². The molecule has 0 bridgehead atoms. The van der Waals surface area contributed by atoms with Crippen molar-refractivity contribution in [3.63, 3.8) is 0 Å². The minimum Gasteiger partial charge on any atom is -0.444 e. The maximum atomic E-state index is 11.9. The fourth-order valence-electron chi connectivity index (χ4n) is 3.57. The smallest absolute Gasteiger partial charge is 0.410 e. The fraction of sp³-hybridized carbons (Fsp3) is 0.933. The monoisotopic (exact) mass is 266 g/mol. The van der Waals surface area contributed by atoms with Crippen molar-refractivity contribution in [3.8, 4) is 0 Å². The number of hydrogen-bond acceptors (Lipinski definition) is 3. The molecule has 0 radical (unpaired) electrons. The standard InChI is InChI=1S/C15H26N2O2/c1-11-15(10-17(11)12-6-5-7-12)8-16(9-15)13(18)19-14(2,3)4/h11-12H,5-10H2,1-4H3. The van der Waals surface area contributed by atoms with E-state index in [1.54, 1.807) is 0 Å². The summed E-state index contributed by atoms with van der Waals surface area (Å²) in [5, 5.41) is 0. The molecule has 0 aromatic heterocycles. The lowest BCUT2D eigenvalue weighted by molar-refractivity contribution is -0.177. The van der Waals surface area contributed by atoms with Crippen LogP contribution in [0.15, 0.2) is 0 Å². The van der Waals surface area contributed by atoms with E-state index >= 15 is 0 Å². The second kappa shape index (κ2) is 4.11. The Morgan fingerprint density at radius 2 is 1.84 bits per heavy atom. The average Bonchev–Trinajstić information content (AvgIpc) is 2.13. The minimum atomic E-state index is -0.386. The van der Waals surface area contributed by atoms with E-state index in [-0.39, 0.29) is 11.7 Å². The minimum absolute atomic E-state index is 0.146. The van der Waals surface area contributed by atoms with Crippen LogP contribution in [0.1, 0.15) is 47.0 Å². The van der Waals surface area contributed by atoms with Gasteiger partial charge in [0.1, 0.15) is 5.60 Å². The Kier molecular flexibility index (Phi) is 2.86. The Morgan fingerprint density at radius 1 is 1.21 bits per heavy atom. The Bertz CT molecular complexity index is 378. The Labute approximate surface area is 116 Å². The van der Waals surface area contributed by atoms with Crippen LogP contribution in [-0.2, 0) is 4.74 Å². The summed E-state index contributed by atoms with van der Waals surface area (Å²) >= 11 is 0. The van der Waals surface area contributed by atoms with Gasteiger partial charge in [-0.15, -0.1) is 0 Å². The van der Waals surface area contributed by atoms with Gasteiger partial charge in [-0.3, -0.25) is 4.90 Å². The van der Waals surface area contributed by atoms with Gasteiger partial charge >= 0.3 is 6.09 Å². The molecule has 3 fully saturated rings. The highest BCUT2D eigenvalue weighted by molar-refractivity contribution is 5.69. The summed E-state index contributed by atoms with van der Waals surface area (Å²) in [7, 11) is 0. The first-order valence-electron chi connectivity index (χ1n) is 7.54. The first-order valence-corrected chi connectivity index (χ1v) is 7.54. The molecule has 4 nitrogen and oxygen atoms in total. The number of ether oxygens (including phenoxy) is 1. The highest BCUT2D eigenvalue weighted by Crippen LogP contribution is 2.48. The van der Waals surface area contributed by atoms with E-state index in [1.165, 1.54) is 25.8 Å². The van der Waals surface area contributed by atoms with E-state index in [9.17, 15) is 4.79 Å². The van der Waals surface area contributed by atoms with Gasteiger partial charge in [-0.1, -0.05) is 6.42 Å². The molecular weight excluding hydrogens is 240 g/mol. The molecule has 3 aliphatic rings. The van der Waals surface area contributed by atoms with Crippen molar-refractivity contribution in [1.29, 1.82) is 0 Å². The van der Waals surface area contributed by atoms with Crippen molar-refractivity contribution in [3.05, 3.63) is 0 Å².